The van der Waals surface area contributed by atoms with Gasteiger partial charge in [-0.3, -0.25) is 4.79 Å². The van der Waals surface area contributed by atoms with E-state index in [1.165, 1.54) is 11.3 Å². The summed E-state index contributed by atoms with van der Waals surface area (Å²) < 4.78 is 76.7. The Morgan fingerprint density at radius 3 is 1.97 bits per heavy atom. The molecule has 9 nitrogen and oxygen atoms in total. The zero-order chi connectivity index (χ0) is 26.4. The molecule has 0 aromatic carbocycles. The lowest BCUT2D eigenvalue weighted by atomic mass is 9.85. The predicted octanol–water partition coefficient (Wildman–Crippen LogP) is 1.99. The number of nitrogens with zero attached hydrogens (tertiary/aromatic N) is 2. The second-order valence-electron chi connectivity index (χ2n) is 7.23. The van der Waals surface area contributed by atoms with Gasteiger partial charge >= 0.3 is 24.3 Å². The number of alkyl halides is 7. The van der Waals surface area contributed by atoms with Crippen LogP contribution in [0.4, 0.5) is 35.9 Å². The monoisotopic (exact) mass is 526 g/mol. The standard InChI is InChI=1S/C13H19FN4OS.2C2HF3O2/c14-8-3-4-18(6-8)12(19)11(15)7-1-2-9-10(5-7)20-13(16)17-9;2*3-2(4,5)1(6)7/h7-8,11H,1-6,15H2,(H2,16,17);2*(H,6,7)/t7?,8-,11-;;/m0../s1. The molecule has 1 aromatic heterocycles. The summed E-state index contributed by atoms with van der Waals surface area (Å²) in [5, 5.41) is 14.8. The molecule has 3 rings (SSSR count). The maximum absolute atomic E-state index is 13.2. The molecule has 2 heterocycles. The van der Waals surface area contributed by atoms with Gasteiger partial charge in [-0.25, -0.2) is 19.0 Å². The Labute approximate surface area is 191 Å². The van der Waals surface area contributed by atoms with Gasteiger partial charge in [-0.1, -0.05) is 0 Å². The zero-order valence-corrected chi connectivity index (χ0v) is 18.0. The van der Waals surface area contributed by atoms with Crippen molar-refractivity contribution in [2.75, 3.05) is 18.8 Å². The quantitative estimate of drug-likeness (QED) is 0.426. The Morgan fingerprint density at radius 1 is 1.06 bits per heavy atom. The van der Waals surface area contributed by atoms with Gasteiger partial charge in [-0.05, 0) is 31.6 Å². The molecule has 1 amide bonds. The van der Waals surface area contributed by atoms with Gasteiger partial charge < -0.3 is 26.6 Å². The number of aromatic nitrogens is 1. The van der Waals surface area contributed by atoms with Gasteiger partial charge in [0.1, 0.15) is 6.17 Å². The first-order valence-electron chi connectivity index (χ1n) is 9.46. The minimum absolute atomic E-state index is 0.105. The number of thiazole rings is 1. The highest BCUT2D eigenvalue weighted by Gasteiger charge is 2.39. The van der Waals surface area contributed by atoms with Crippen LogP contribution in [0, 0.1) is 5.92 Å². The van der Waals surface area contributed by atoms with E-state index in [1.807, 2.05) is 0 Å². The first kappa shape index (κ1) is 29.3. The van der Waals surface area contributed by atoms with Gasteiger partial charge in [0.25, 0.3) is 0 Å². The Balaban J connectivity index is 0.000000343. The van der Waals surface area contributed by atoms with Gasteiger partial charge in [0, 0.05) is 11.4 Å². The van der Waals surface area contributed by atoms with Crippen LogP contribution in [0.2, 0.25) is 0 Å². The number of anilines is 1. The van der Waals surface area contributed by atoms with Crippen molar-refractivity contribution in [1.29, 1.82) is 0 Å². The maximum atomic E-state index is 13.2. The first-order valence-corrected chi connectivity index (χ1v) is 10.3. The Morgan fingerprint density at radius 2 is 1.56 bits per heavy atom. The van der Waals surface area contributed by atoms with Crippen LogP contribution in [0.1, 0.15) is 23.4 Å². The van der Waals surface area contributed by atoms with Crippen molar-refractivity contribution in [3.63, 3.8) is 0 Å². The normalized spacial score (nSPS) is 20.8. The second kappa shape index (κ2) is 11.6. The van der Waals surface area contributed by atoms with E-state index in [0.717, 1.165) is 29.8 Å². The molecule has 34 heavy (non-hydrogen) atoms. The number of hydrogen-bond donors (Lipinski definition) is 4. The molecule has 2 aliphatic rings. The molecule has 1 saturated heterocycles. The molecule has 0 spiro atoms. The van der Waals surface area contributed by atoms with Crippen LogP contribution >= 0.6 is 11.3 Å². The summed E-state index contributed by atoms with van der Waals surface area (Å²) >= 11 is 1.48. The predicted molar refractivity (Wildman–Crippen MR) is 103 cm³/mol. The molecule has 1 aliphatic heterocycles. The third-order valence-corrected chi connectivity index (χ3v) is 5.66. The smallest absolute Gasteiger partial charge is 0.475 e. The van der Waals surface area contributed by atoms with Crippen molar-refractivity contribution >= 4 is 34.3 Å². The molecule has 1 fully saturated rings. The highest BCUT2D eigenvalue weighted by Crippen LogP contribution is 2.32. The van der Waals surface area contributed by atoms with E-state index in [2.05, 4.69) is 4.98 Å². The molecule has 1 unspecified atom stereocenters. The molecule has 3 atom stereocenters. The van der Waals surface area contributed by atoms with E-state index in [1.54, 1.807) is 4.90 Å². The van der Waals surface area contributed by atoms with E-state index in [4.69, 9.17) is 31.3 Å². The van der Waals surface area contributed by atoms with Crippen molar-refractivity contribution in [2.24, 2.45) is 11.7 Å². The topological polar surface area (TPSA) is 160 Å². The molecule has 6 N–H and O–H groups in total. The van der Waals surface area contributed by atoms with Crippen LogP contribution in [0.25, 0.3) is 0 Å². The van der Waals surface area contributed by atoms with Crippen molar-refractivity contribution in [2.45, 2.75) is 50.2 Å². The number of likely N-dealkylation sites (tertiary alicyclic amines) is 1. The summed E-state index contributed by atoms with van der Waals surface area (Å²) in [5.74, 6) is -5.52. The van der Waals surface area contributed by atoms with Crippen LogP contribution < -0.4 is 11.5 Å². The van der Waals surface area contributed by atoms with Crippen LogP contribution in [0.15, 0.2) is 0 Å². The largest absolute Gasteiger partial charge is 0.490 e. The van der Waals surface area contributed by atoms with Gasteiger partial charge in [0.15, 0.2) is 5.13 Å². The third-order valence-electron chi connectivity index (χ3n) is 4.71. The minimum atomic E-state index is -5.08. The summed E-state index contributed by atoms with van der Waals surface area (Å²) in [4.78, 5) is 37.1. The number of carbonyl (C=O) groups is 3. The van der Waals surface area contributed by atoms with Crippen molar-refractivity contribution in [3.8, 4) is 0 Å². The molecule has 0 radical (unpaired) electrons. The summed E-state index contributed by atoms with van der Waals surface area (Å²) in [6.45, 7) is 0.678. The highest BCUT2D eigenvalue weighted by molar-refractivity contribution is 7.15. The van der Waals surface area contributed by atoms with Crippen LogP contribution in [0.3, 0.4) is 0 Å². The van der Waals surface area contributed by atoms with Crippen molar-refractivity contribution < 1.29 is 55.3 Å². The molecular formula is C17H21F7N4O5S. The number of nitrogen functional groups attached to an aromatic ring is 1. The van der Waals surface area contributed by atoms with Crippen molar-refractivity contribution in [1.82, 2.24) is 9.88 Å². The van der Waals surface area contributed by atoms with Gasteiger partial charge in [0.05, 0.1) is 18.3 Å². The van der Waals surface area contributed by atoms with Gasteiger partial charge in [-0.15, -0.1) is 11.3 Å². The molecule has 17 heteroatoms. The number of amides is 1. The average Bonchev–Trinajstić information content (AvgIpc) is 3.30. The highest BCUT2D eigenvalue weighted by atomic mass is 32.1. The molecule has 0 saturated carbocycles. The summed E-state index contributed by atoms with van der Waals surface area (Å²) in [6.07, 6.45) is -8.22. The number of fused-ring (bicyclic) bond motifs is 1. The fourth-order valence-corrected chi connectivity index (χ4v) is 4.03. The number of carboxylic acids is 2. The fourth-order valence-electron chi connectivity index (χ4n) is 3.06. The molecular weight excluding hydrogens is 505 g/mol. The van der Waals surface area contributed by atoms with E-state index in [-0.39, 0.29) is 18.4 Å². The number of nitrogens with two attached hydrogens (primary N) is 2. The lowest BCUT2D eigenvalue weighted by Crippen LogP contribution is -2.48. The van der Waals surface area contributed by atoms with E-state index in [9.17, 15) is 35.5 Å². The van der Waals surface area contributed by atoms with Gasteiger partial charge in [0.2, 0.25) is 5.91 Å². The molecule has 0 bridgehead atoms. The minimum Gasteiger partial charge on any atom is -0.475 e. The number of aliphatic carboxylic acids is 2. The number of aryl methyl sites for hydroxylation is 1. The average molecular weight is 526 g/mol. The maximum Gasteiger partial charge on any atom is 0.490 e. The Hall–Kier alpha value is -2.69. The second-order valence-corrected chi connectivity index (χ2v) is 8.34. The first-order chi connectivity index (χ1) is 15.4. The number of carboxylic acid groups (broad SMARTS) is 2. The lowest BCUT2D eigenvalue weighted by Gasteiger charge is -2.29. The molecule has 194 valence electrons. The van der Waals surface area contributed by atoms with Gasteiger partial charge in [-0.2, -0.15) is 26.3 Å². The van der Waals surface area contributed by atoms with Crippen LogP contribution in [0.5, 0.6) is 0 Å². The summed E-state index contributed by atoms with van der Waals surface area (Å²) in [7, 11) is 0. The third kappa shape index (κ3) is 8.92. The van der Waals surface area contributed by atoms with Crippen LogP contribution in [-0.4, -0.2) is 75.6 Å². The number of halogens is 7. The van der Waals surface area contributed by atoms with E-state index in [0.29, 0.717) is 18.1 Å². The Bertz CT molecular complexity index is 853. The van der Waals surface area contributed by atoms with E-state index < -0.39 is 36.5 Å². The van der Waals surface area contributed by atoms with E-state index >= 15 is 0 Å². The SMILES string of the molecule is Nc1nc2c(s1)CC([C@H](N)C(=O)N1CC[C@H](F)C1)CC2.O=C(O)C(F)(F)F.O=C(O)C(F)(F)F. The van der Waals surface area contributed by atoms with Crippen molar-refractivity contribution in [3.05, 3.63) is 10.6 Å². The Kier molecular flexibility index (Phi) is 10.0. The zero-order valence-electron chi connectivity index (χ0n) is 17.2. The molecule has 1 aromatic rings. The lowest BCUT2D eigenvalue weighted by molar-refractivity contribution is -0.193. The molecule has 1 aliphatic carbocycles. The summed E-state index contributed by atoms with van der Waals surface area (Å²) in [6, 6.07) is -0.545. The van der Waals surface area contributed by atoms with Crippen LogP contribution in [-0.2, 0) is 27.2 Å². The number of hydrogen-bond acceptors (Lipinski definition) is 7. The number of rotatable bonds is 2. The summed E-state index contributed by atoms with van der Waals surface area (Å²) in [5.41, 5.74) is 12.9. The number of carbonyl (C=O) groups excluding carboxylic acids is 1. The fraction of sp³-hybridized carbons (Fsp3) is 0.647.